The molecule has 1 fully saturated rings. The summed E-state index contributed by atoms with van der Waals surface area (Å²) < 4.78 is 15.7. The predicted octanol–water partition coefficient (Wildman–Crippen LogP) is 3.39. The van der Waals surface area contributed by atoms with Crippen molar-refractivity contribution in [1.82, 2.24) is 4.90 Å². The second-order valence-corrected chi connectivity index (χ2v) is 7.95. The quantitative estimate of drug-likeness (QED) is 0.264. The lowest BCUT2D eigenvalue weighted by Gasteiger charge is -2.23. The lowest BCUT2D eigenvalue weighted by Crippen LogP contribution is -2.43. The van der Waals surface area contributed by atoms with Crippen LogP contribution in [-0.4, -0.2) is 60.4 Å². The molecule has 1 aromatic carbocycles. The molecule has 0 spiro atoms. The van der Waals surface area contributed by atoms with Crippen LogP contribution in [0, 0.1) is 5.92 Å². The largest absolute Gasteiger partial charge is 0.489 e. The zero-order valence-corrected chi connectivity index (χ0v) is 19.6. The van der Waals surface area contributed by atoms with Gasteiger partial charge in [-0.25, -0.2) is 9.59 Å². The lowest BCUT2D eigenvalue weighted by atomic mass is 10.0. The molecule has 182 valence electrons. The maximum atomic E-state index is 13.1. The van der Waals surface area contributed by atoms with Crippen LogP contribution in [0.15, 0.2) is 56.2 Å². The van der Waals surface area contributed by atoms with E-state index in [-0.39, 0.29) is 61.5 Å². The van der Waals surface area contributed by atoms with Gasteiger partial charge < -0.3 is 19.5 Å². The van der Waals surface area contributed by atoms with Crippen molar-refractivity contribution < 1.29 is 33.4 Å². The van der Waals surface area contributed by atoms with Gasteiger partial charge in [0.05, 0.1) is 5.56 Å². The molecule has 10 heteroatoms. The molecule has 34 heavy (non-hydrogen) atoms. The number of amides is 2. The lowest BCUT2D eigenvalue weighted by molar-refractivity contribution is -0.120. The Kier molecular flexibility index (Phi) is 10.4. The van der Waals surface area contributed by atoms with Gasteiger partial charge in [-0.2, -0.15) is 0 Å². The molecule has 1 aromatic rings. The summed E-state index contributed by atoms with van der Waals surface area (Å²) in [4.78, 5) is 50.7. The van der Waals surface area contributed by atoms with Crippen molar-refractivity contribution >= 4 is 41.4 Å². The fourth-order valence-corrected chi connectivity index (χ4v) is 3.71. The molecule has 1 heterocycles. The van der Waals surface area contributed by atoms with Gasteiger partial charge in [0.15, 0.2) is 5.12 Å². The molecule has 0 radical (unpaired) electrons. The topological polar surface area (TPSA) is 111 Å². The highest BCUT2D eigenvalue weighted by atomic mass is 32.1. The molecular formula is C24H28N2O7S. The molecule has 1 aliphatic heterocycles. The number of carbonyl (C=O) groups is 4. The first-order chi connectivity index (χ1) is 16.3. The van der Waals surface area contributed by atoms with E-state index >= 15 is 0 Å². The Morgan fingerprint density at radius 1 is 1.03 bits per heavy atom. The van der Waals surface area contributed by atoms with Gasteiger partial charge in [-0.15, -0.1) is 12.6 Å². The third kappa shape index (κ3) is 7.80. The highest BCUT2D eigenvalue weighted by molar-refractivity contribution is 7.96. The molecule has 0 saturated carbocycles. The molecule has 9 nitrogen and oxygen atoms in total. The van der Waals surface area contributed by atoms with Crippen LogP contribution in [0.1, 0.15) is 23.2 Å². The number of esters is 1. The van der Waals surface area contributed by atoms with E-state index in [9.17, 15) is 19.2 Å². The Balaban J connectivity index is 2.26. The molecular weight excluding hydrogens is 460 g/mol. The van der Waals surface area contributed by atoms with Crippen LogP contribution in [0.5, 0.6) is 5.75 Å². The van der Waals surface area contributed by atoms with Gasteiger partial charge in [0.2, 0.25) is 5.91 Å². The minimum atomic E-state index is -0.885. The maximum absolute atomic E-state index is 13.1. The SMILES string of the molecule is C=CCOC(=O)c1cc(NC(=O)[C@@H]2C[C@@H](CC(=O)S)CN2C(=O)OCC=C)cc(OCC=C)c1. The highest BCUT2D eigenvalue weighted by Gasteiger charge is 2.41. The highest BCUT2D eigenvalue weighted by Crippen LogP contribution is 2.29. The van der Waals surface area contributed by atoms with Crippen molar-refractivity contribution in [2.24, 2.45) is 5.92 Å². The van der Waals surface area contributed by atoms with E-state index in [1.165, 1.54) is 41.3 Å². The number of thiol groups is 1. The summed E-state index contributed by atoms with van der Waals surface area (Å²) in [5.41, 5.74) is 0.427. The summed E-state index contributed by atoms with van der Waals surface area (Å²) in [6, 6.07) is 3.57. The first-order valence-electron chi connectivity index (χ1n) is 10.5. The third-order valence-corrected chi connectivity index (χ3v) is 5.01. The average Bonchev–Trinajstić information content (AvgIpc) is 3.22. The smallest absolute Gasteiger partial charge is 0.410 e. The monoisotopic (exact) mass is 488 g/mol. The van der Waals surface area contributed by atoms with Crippen molar-refractivity contribution in [3.63, 3.8) is 0 Å². The average molecular weight is 489 g/mol. The number of benzene rings is 1. The number of hydrogen-bond donors (Lipinski definition) is 2. The number of ether oxygens (including phenoxy) is 3. The number of carbonyl (C=O) groups excluding carboxylic acids is 4. The van der Waals surface area contributed by atoms with E-state index in [1.807, 2.05) is 0 Å². The second-order valence-electron chi connectivity index (χ2n) is 7.46. The van der Waals surface area contributed by atoms with E-state index in [0.717, 1.165) is 0 Å². The maximum Gasteiger partial charge on any atom is 0.410 e. The van der Waals surface area contributed by atoms with E-state index in [1.54, 1.807) is 0 Å². The molecule has 0 unspecified atom stereocenters. The molecule has 2 atom stereocenters. The number of nitrogens with one attached hydrogen (secondary N) is 1. The van der Waals surface area contributed by atoms with Gasteiger partial charge in [-0.1, -0.05) is 38.0 Å². The van der Waals surface area contributed by atoms with Crippen LogP contribution in [0.3, 0.4) is 0 Å². The number of anilines is 1. The van der Waals surface area contributed by atoms with Crippen LogP contribution in [0.4, 0.5) is 10.5 Å². The van der Waals surface area contributed by atoms with E-state index < -0.39 is 24.0 Å². The van der Waals surface area contributed by atoms with Crippen LogP contribution < -0.4 is 10.1 Å². The minimum absolute atomic E-state index is 0.0152. The molecule has 1 saturated heterocycles. The Labute approximate surface area is 203 Å². The predicted molar refractivity (Wildman–Crippen MR) is 130 cm³/mol. The Morgan fingerprint density at radius 3 is 2.35 bits per heavy atom. The number of nitrogens with zero attached hydrogens (tertiary/aromatic N) is 1. The van der Waals surface area contributed by atoms with Crippen molar-refractivity contribution in [1.29, 1.82) is 0 Å². The molecule has 1 aliphatic rings. The van der Waals surface area contributed by atoms with Crippen LogP contribution >= 0.6 is 12.6 Å². The number of rotatable bonds is 12. The van der Waals surface area contributed by atoms with Crippen LogP contribution in [0.2, 0.25) is 0 Å². The van der Waals surface area contributed by atoms with E-state index in [0.29, 0.717) is 5.75 Å². The summed E-state index contributed by atoms with van der Waals surface area (Å²) in [5, 5.41) is 2.39. The Hall–Kier alpha value is -3.53. The summed E-state index contributed by atoms with van der Waals surface area (Å²) in [7, 11) is 0. The van der Waals surface area contributed by atoms with E-state index in [4.69, 9.17) is 14.2 Å². The summed E-state index contributed by atoms with van der Waals surface area (Å²) in [6.45, 7) is 11.0. The van der Waals surface area contributed by atoms with Gasteiger partial charge >= 0.3 is 12.1 Å². The van der Waals surface area contributed by atoms with Crippen molar-refractivity contribution in [3.05, 3.63) is 61.7 Å². The van der Waals surface area contributed by atoms with Crippen molar-refractivity contribution in [2.75, 3.05) is 31.7 Å². The normalized spacial score (nSPS) is 16.8. The molecule has 0 bridgehead atoms. The number of hydrogen-bond acceptors (Lipinski definition) is 7. The molecule has 1 N–H and O–H groups in total. The standard InChI is InChI=1S/C24H28N2O7S/c1-4-7-31-19-13-17(23(29)32-8-5-2)12-18(14-19)25-22(28)20-10-16(11-21(27)34)15-26(20)24(30)33-9-6-3/h4-6,12-14,16,20H,1-3,7-11,15H2,(H,25,28)(H,27,34)/t16-,20-/m0/s1. The Morgan fingerprint density at radius 2 is 1.71 bits per heavy atom. The molecule has 2 rings (SSSR count). The number of likely N-dealkylation sites (tertiary alicyclic amines) is 1. The van der Waals surface area contributed by atoms with Gasteiger partial charge in [-0.05, 0) is 24.5 Å². The van der Waals surface area contributed by atoms with Crippen molar-refractivity contribution in [3.8, 4) is 5.75 Å². The molecule has 0 aliphatic carbocycles. The summed E-state index contributed by atoms with van der Waals surface area (Å²) >= 11 is 3.81. The third-order valence-electron chi connectivity index (χ3n) is 4.82. The fraction of sp³-hybridized carbons (Fsp3) is 0.333. The zero-order chi connectivity index (χ0) is 25.1. The van der Waals surface area contributed by atoms with Gasteiger partial charge in [0.1, 0.15) is 31.6 Å². The molecule has 0 aromatic heterocycles. The van der Waals surface area contributed by atoms with Gasteiger partial charge in [0.25, 0.3) is 0 Å². The Bertz CT molecular complexity index is 963. The molecule has 2 amide bonds. The second kappa shape index (κ2) is 13.2. The van der Waals surface area contributed by atoms with Gasteiger partial charge in [0, 0.05) is 24.7 Å². The zero-order valence-electron chi connectivity index (χ0n) is 18.7. The van der Waals surface area contributed by atoms with Crippen LogP contribution in [0.25, 0.3) is 0 Å². The summed E-state index contributed by atoms with van der Waals surface area (Å²) in [5.74, 6) is -1.06. The van der Waals surface area contributed by atoms with Crippen LogP contribution in [-0.2, 0) is 19.1 Å². The van der Waals surface area contributed by atoms with Crippen molar-refractivity contribution in [2.45, 2.75) is 18.9 Å². The minimum Gasteiger partial charge on any atom is -0.489 e. The first-order valence-corrected chi connectivity index (χ1v) is 11.0. The van der Waals surface area contributed by atoms with E-state index in [2.05, 4.69) is 37.7 Å². The van der Waals surface area contributed by atoms with Gasteiger partial charge in [-0.3, -0.25) is 14.5 Å². The fourth-order valence-electron chi connectivity index (χ4n) is 3.45. The first kappa shape index (κ1) is 26.7. The summed E-state index contributed by atoms with van der Waals surface area (Å²) in [6.07, 6.45) is 4.06.